The van der Waals surface area contributed by atoms with Crippen molar-refractivity contribution >= 4 is 11.3 Å². The molecule has 2 aromatic heterocycles. The van der Waals surface area contributed by atoms with Gasteiger partial charge in [0, 0.05) is 22.7 Å². The lowest BCUT2D eigenvalue weighted by Crippen LogP contribution is -2.06. The number of thiazole rings is 1. The van der Waals surface area contributed by atoms with Gasteiger partial charge in [-0.3, -0.25) is 0 Å². The second-order valence-electron chi connectivity index (χ2n) is 6.20. The number of rotatable bonds is 5. The van der Waals surface area contributed by atoms with E-state index in [1.54, 1.807) is 12.3 Å². The van der Waals surface area contributed by atoms with Gasteiger partial charge in [-0.05, 0) is 29.8 Å². The number of benzene rings is 2. The maximum atomic E-state index is 13.4. The first-order valence-corrected chi connectivity index (χ1v) is 9.47. The summed E-state index contributed by atoms with van der Waals surface area (Å²) >= 11 is 1.49. The first-order chi connectivity index (χ1) is 14.4. The van der Waals surface area contributed by atoms with Crippen LogP contribution in [0.5, 0.6) is 5.75 Å². The molecule has 0 saturated carbocycles. The average Bonchev–Trinajstić information content (AvgIpc) is 3.43. The van der Waals surface area contributed by atoms with Gasteiger partial charge in [0.25, 0.3) is 0 Å². The van der Waals surface area contributed by atoms with E-state index < -0.39 is 11.7 Å². The molecule has 0 saturated heterocycles. The average molecular weight is 427 g/mol. The van der Waals surface area contributed by atoms with Crippen molar-refractivity contribution in [2.24, 2.45) is 0 Å². The van der Waals surface area contributed by atoms with Crippen molar-refractivity contribution in [3.05, 3.63) is 70.9 Å². The Hall–Kier alpha value is -3.71. The van der Waals surface area contributed by atoms with Crippen LogP contribution in [0.1, 0.15) is 16.8 Å². The number of aromatic nitrogens is 4. The summed E-state index contributed by atoms with van der Waals surface area (Å²) < 4.78 is 45.8. The van der Waals surface area contributed by atoms with Crippen molar-refractivity contribution < 1.29 is 17.9 Å². The van der Waals surface area contributed by atoms with Crippen molar-refractivity contribution in [1.82, 2.24) is 20.4 Å². The summed E-state index contributed by atoms with van der Waals surface area (Å²) in [6, 6.07) is 12.5. The SMILES string of the molecule is N#Cc1n[nH]nc1-c1cc(OCc2cccc(-c3nccs3)c2)cc(C(F)(F)F)c1. The topological polar surface area (TPSA) is 87.5 Å². The number of halogens is 3. The molecule has 1 N–H and O–H groups in total. The van der Waals surface area contributed by atoms with Gasteiger partial charge in [-0.15, -0.1) is 16.4 Å². The third kappa shape index (κ3) is 4.16. The Kier molecular flexibility index (Phi) is 5.20. The Balaban J connectivity index is 1.64. The highest BCUT2D eigenvalue weighted by Gasteiger charge is 2.32. The number of nitrogens with one attached hydrogen (secondary N) is 1. The molecular weight excluding hydrogens is 415 g/mol. The van der Waals surface area contributed by atoms with Gasteiger partial charge in [0.05, 0.1) is 5.56 Å². The van der Waals surface area contributed by atoms with E-state index in [0.29, 0.717) is 0 Å². The highest BCUT2D eigenvalue weighted by atomic mass is 32.1. The van der Waals surface area contributed by atoms with E-state index in [1.165, 1.54) is 17.4 Å². The van der Waals surface area contributed by atoms with E-state index in [4.69, 9.17) is 10.00 Å². The van der Waals surface area contributed by atoms with E-state index in [2.05, 4.69) is 20.4 Å². The van der Waals surface area contributed by atoms with Crippen molar-refractivity contribution in [3.8, 4) is 33.6 Å². The number of ether oxygens (including phenoxy) is 1. The van der Waals surface area contributed by atoms with Crippen molar-refractivity contribution in [1.29, 1.82) is 5.26 Å². The molecule has 0 aliphatic heterocycles. The summed E-state index contributed by atoms with van der Waals surface area (Å²) in [4.78, 5) is 4.25. The largest absolute Gasteiger partial charge is 0.489 e. The number of aromatic amines is 1. The molecule has 0 atom stereocenters. The molecule has 30 heavy (non-hydrogen) atoms. The summed E-state index contributed by atoms with van der Waals surface area (Å²) in [6.45, 7) is 0.0594. The number of alkyl halides is 3. The Morgan fingerprint density at radius 2 is 1.97 bits per heavy atom. The van der Waals surface area contributed by atoms with Gasteiger partial charge < -0.3 is 4.74 Å². The molecule has 0 fully saturated rings. The van der Waals surface area contributed by atoms with Gasteiger partial charge in [-0.25, -0.2) is 4.98 Å². The predicted molar refractivity (Wildman–Crippen MR) is 103 cm³/mol. The lowest BCUT2D eigenvalue weighted by atomic mass is 10.1. The molecule has 2 aromatic carbocycles. The maximum Gasteiger partial charge on any atom is 0.416 e. The van der Waals surface area contributed by atoms with E-state index >= 15 is 0 Å². The van der Waals surface area contributed by atoms with Gasteiger partial charge in [0.15, 0.2) is 5.69 Å². The monoisotopic (exact) mass is 427 g/mol. The van der Waals surface area contributed by atoms with Crippen LogP contribution in [-0.2, 0) is 12.8 Å². The minimum atomic E-state index is -4.59. The Morgan fingerprint density at radius 1 is 1.10 bits per heavy atom. The van der Waals surface area contributed by atoms with Crippen LogP contribution in [0.2, 0.25) is 0 Å². The third-order valence-electron chi connectivity index (χ3n) is 4.17. The van der Waals surface area contributed by atoms with Crippen molar-refractivity contribution in [3.63, 3.8) is 0 Å². The fraction of sp³-hybridized carbons (Fsp3) is 0.100. The zero-order chi connectivity index (χ0) is 21.1. The summed E-state index contributed by atoms with van der Waals surface area (Å²) in [5.41, 5.74) is 0.786. The first kappa shape index (κ1) is 19.6. The highest BCUT2D eigenvalue weighted by molar-refractivity contribution is 7.13. The zero-order valence-electron chi connectivity index (χ0n) is 15.1. The summed E-state index contributed by atoms with van der Waals surface area (Å²) in [6.07, 6.45) is -2.89. The molecule has 0 bridgehead atoms. The molecule has 6 nitrogen and oxygen atoms in total. The van der Waals surface area contributed by atoms with E-state index in [1.807, 2.05) is 29.6 Å². The first-order valence-electron chi connectivity index (χ1n) is 8.59. The van der Waals surface area contributed by atoms with Crippen LogP contribution < -0.4 is 4.74 Å². The van der Waals surface area contributed by atoms with Crippen LogP contribution in [0.25, 0.3) is 21.8 Å². The van der Waals surface area contributed by atoms with Gasteiger partial charge >= 0.3 is 6.18 Å². The molecule has 0 radical (unpaired) electrons. The van der Waals surface area contributed by atoms with E-state index in [0.717, 1.165) is 28.3 Å². The normalized spacial score (nSPS) is 11.3. The fourth-order valence-electron chi connectivity index (χ4n) is 2.82. The standard InChI is InChI=1S/C20H12F3N5OS/c21-20(22,23)15-7-14(18-17(10-24)26-28-27-18)8-16(9-15)29-11-12-2-1-3-13(6-12)19-25-4-5-30-19/h1-9H,11H2,(H,26,27,28). The number of hydrogen-bond donors (Lipinski definition) is 1. The van der Waals surface area contributed by atoms with Crippen LogP contribution in [-0.4, -0.2) is 20.4 Å². The number of nitrogens with zero attached hydrogens (tertiary/aromatic N) is 4. The number of hydrogen-bond acceptors (Lipinski definition) is 6. The summed E-state index contributed by atoms with van der Waals surface area (Å²) in [5.74, 6) is 0.00589. The summed E-state index contributed by atoms with van der Waals surface area (Å²) in [7, 11) is 0. The van der Waals surface area contributed by atoms with Gasteiger partial charge in [0.2, 0.25) is 0 Å². The second kappa shape index (κ2) is 7.96. The molecule has 0 spiro atoms. The molecule has 0 unspecified atom stereocenters. The maximum absolute atomic E-state index is 13.4. The van der Waals surface area contributed by atoms with Crippen LogP contribution in [0.15, 0.2) is 54.0 Å². The minimum Gasteiger partial charge on any atom is -0.489 e. The molecule has 2 heterocycles. The zero-order valence-corrected chi connectivity index (χ0v) is 16.0. The number of H-pyrrole nitrogens is 1. The van der Waals surface area contributed by atoms with Crippen LogP contribution in [0.4, 0.5) is 13.2 Å². The van der Waals surface area contributed by atoms with Crippen molar-refractivity contribution in [2.75, 3.05) is 0 Å². The van der Waals surface area contributed by atoms with Crippen LogP contribution in [0.3, 0.4) is 0 Å². The molecule has 4 aromatic rings. The van der Waals surface area contributed by atoms with Crippen molar-refractivity contribution in [2.45, 2.75) is 12.8 Å². The molecule has 150 valence electrons. The Labute approximate surface area is 172 Å². The van der Waals surface area contributed by atoms with Gasteiger partial charge in [-0.2, -0.15) is 28.7 Å². The lowest BCUT2D eigenvalue weighted by molar-refractivity contribution is -0.137. The van der Waals surface area contributed by atoms with E-state index in [-0.39, 0.29) is 29.3 Å². The van der Waals surface area contributed by atoms with Gasteiger partial charge in [-0.1, -0.05) is 18.2 Å². The molecule has 4 rings (SSSR count). The van der Waals surface area contributed by atoms with Crippen LogP contribution >= 0.6 is 11.3 Å². The lowest BCUT2D eigenvalue weighted by Gasteiger charge is -2.13. The fourth-order valence-corrected chi connectivity index (χ4v) is 3.46. The minimum absolute atomic E-state index is 0.00589. The quantitative estimate of drug-likeness (QED) is 0.481. The smallest absolute Gasteiger partial charge is 0.416 e. The van der Waals surface area contributed by atoms with Gasteiger partial charge in [0.1, 0.15) is 29.1 Å². The second-order valence-corrected chi connectivity index (χ2v) is 7.10. The highest BCUT2D eigenvalue weighted by Crippen LogP contribution is 2.36. The molecular formula is C20H12F3N5OS. The van der Waals surface area contributed by atoms with E-state index in [9.17, 15) is 13.2 Å². The predicted octanol–water partition coefficient (Wildman–Crippen LogP) is 5.06. The Bertz CT molecular complexity index is 1210. The Morgan fingerprint density at radius 3 is 2.70 bits per heavy atom. The molecule has 0 aliphatic rings. The molecule has 0 amide bonds. The third-order valence-corrected chi connectivity index (χ3v) is 5.00. The summed E-state index contributed by atoms with van der Waals surface area (Å²) in [5, 5.41) is 21.5. The number of nitriles is 1. The molecule has 0 aliphatic carbocycles. The molecule has 10 heteroatoms. The van der Waals surface area contributed by atoms with Crippen LogP contribution in [0, 0.1) is 11.3 Å².